The van der Waals surface area contributed by atoms with Crippen LogP contribution in [0.4, 0.5) is 0 Å². The topological polar surface area (TPSA) is 72.6 Å². The van der Waals surface area contributed by atoms with Crippen molar-refractivity contribution in [2.24, 2.45) is 5.14 Å². The van der Waals surface area contributed by atoms with E-state index in [-0.39, 0.29) is 5.75 Å². The summed E-state index contributed by atoms with van der Waals surface area (Å²) in [7, 11) is -3.44. The lowest BCUT2D eigenvalue weighted by molar-refractivity contribution is 0.0342. The molecule has 18 heavy (non-hydrogen) atoms. The molecule has 0 radical (unpaired) electrons. The SMILES string of the molecule is NS(=O)(=O)Cc1ccc(CN2CCOCC2)cc1. The zero-order chi connectivity index (χ0) is 13.0. The van der Waals surface area contributed by atoms with Gasteiger partial charge in [0, 0.05) is 19.6 Å². The second kappa shape index (κ2) is 5.79. The van der Waals surface area contributed by atoms with Gasteiger partial charge in [0.1, 0.15) is 0 Å². The lowest BCUT2D eigenvalue weighted by Gasteiger charge is -2.26. The second-order valence-electron chi connectivity index (χ2n) is 4.51. The minimum absolute atomic E-state index is 0.106. The van der Waals surface area contributed by atoms with E-state index in [0.29, 0.717) is 0 Å². The molecule has 0 unspecified atom stereocenters. The first-order valence-corrected chi connectivity index (χ1v) is 7.63. The number of ether oxygens (including phenoxy) is 1. The first-order valence-electron chi connectivity index (χ1n) is 5.91. The molecule has 0 aliphatic carbocycles. The van der Waals surface area contributed by atoms with Crippen molar-refractivity contribution in [2.75, 3.05) is 26.3 Å². The van der Waals surface area contributed by atoms with Gasteiger partial charge in [-0.05, 0) is 11.1 Å². The maximum absolute atomic E-state index is 11.0. The number of primary sulfonamides is 1. The molecule has 1 heterocycles. The van der Waals surface area contributed by atoms with Crippen LogP contribution < -0.4 is 5.14 Å². The number of benzene rings is 1. The van der Waals surface area contributed by atoms with Crippen LogP contribution in [0.1, 0.15) is 11.1 Å². The van der Waals surface area contributed by atoms with Gasteiger partial charge in [0.2, 0.25) is 10.0 Å². The van der Waals surface area contributed by atoms with Crippen LogP contribution in [0.2, 0.25) is 0 Å². The fourth-order valence-corrected chi connectivity index (χ4v) is 2.65. The summed E-state index contributed by atoms with van der Waals surface area (Å²) in [6.45, 7) is 4.32. The monoisotopic (exact) mass is 270 g/mol. The number of hydrogen-bond acceptors (Lipinski definition) is 4. The fourth-order valence-electron chi connectivity index (χ4n) is 1.99. The van der Waals surface area contributed by atoms with Gasteiger partial charge < -0.3 is 4.74 Å². The van der Waals surface area contributed by atoms with Gasteiger partial charge in [0.15, 0.2) is 0 Å². The van der Waals surface area contributed by atoms with Gasteiger partial charge >= 0.3 is 0 Å². The standard InChI is InChI=1S/C12H18N2O3S/c13-18(15,16)10-12-3-1-11(2-4-12)9-14-5-7-17-8-6-14/h1-4H,5-10H2,(H2,13,15,16). The van der Waals surface area contributed by atoms with E-state index >= 15 is 0 Å². The Morgan fingerprint density at radius 2 is 1.67 bits per heavy atom. The van der Waals surface area contributed by atoms with Crippen molar-refractivity contribution < 1.29 is 13.2 Å². The zero-order valence-corrected chi connectivity index (χ0v) is 11.0. The molecule has 2 rings (SSSR count). The Balaban J connectivity index is 1.94. The molecule has 0 atom stereocenters. The van der Waals surface area contributed by atoms with Gasteiger partial charge in [-0.15, -0.1) is 0 Å². The summed E-state index contributed by atoms with van der Waals surface area (Å²) in [5.41, 5.74) is 1.90. The molecule has 0 saturated carbocycles. The van der Waals surface area contributed by atoms with Gasteiger partial charge in [-0.2, -0.15) is 0 Å². The number of nitrogens with zero attached hydrogens (tertiary/aromatic N) is 1. The maximum atomic E-state index is 11.0. The molecular weight excluding hydrogens is 252 g/mol. The van der Waals surface area contributed by atoms with E-state index in [9.17, 15) is 8.42 Å². The third-order valence-corrected chi connectivity index (χ3v) is 3.64. The van der Waals surface area contributed by atoms with Crippen molar-refractivity contribution in [1.29, 1.82) is 0 Å². The zero-order valence-electron chi connectivity index (χ0n) is 10.2. The molecule has 2 N–H and O–H groups in total. The normalized spacial score (nSPS) is 17.8. The highest BCUT2D eigenvalue weighted by Gasteiger charge is 2.11. The minimum atomic E-state index is -3.44. The molecule has 1 fully saturated rings. The van der Waals surface area contributed by atoms with Gasteiger partial charge in [-0.25, -0.2) is 13.6 Å². The molecule has 0 aromatic heterocycles. The molecule has 5 nitrogen and oxygen atoms in total. The van der Waals surface area contributed by atoms with E-state index in [4.69, 9.17) is 9.88 Å². The molecule has 0 spiro atoms. The summed E-state index contributed by atoms with van der Waals surface area (Å²) >= 11 is 0. The van der Waals surface area contributed by atoms with Gasteiger partial charge in [0.05, 0.1) is 19.0 Å². The van der Waals surface area contributed by atoms with E-state index < -0.39 is 10.0 Å². The Kier molecular flexibility index (Phi) is 4.34. The Morgan fingerprint density at radius 3 is 2.22 bits per heavy atom. The minimum Gasteiger partial charge on any atom is -0.379 e. The van der Waals surface area contributed by atoms with E-state index in [0.717, 1.165) is 38.4 Å². The number of hydrogen-bond donors (Lipinski definition) is 1. The Morgan fingerprint density at radius 1 is 1.11 bits per heavy atom. The number of morpholine rings is 1. The van der Waals surface area contributed by atoms with E-state index in [1.807, 2.05) is 24.3 Å². The molecule has 6 heteroatoms. The summed E-state index contributed by atoms with van der Waals surface area (Å²) in [4.78, 5) is 2.32. The third kappa shape index (κ3) is 4.38. The summed E-state index contributed by atoms with van der Waals surface area (Å²) in [5.74, 6) is -0.106. The predicted octanol–water partition coefficient (Wildman–Crippen LogP) is 0.307. The summed E-state index contributed by atoms with van der Waals surface area (Å²) in [6.07, 6.45) is 0. The van der Waals surface area contributed by atoms with Crippen LogP contribution in [0, 0.1) is 0 Å². The van der Waals surface area contributed by atoms with Crippen molar-refractivity contribution >= 4 is 10.0 Å². The molecule has 0 amide bonds. The summed E-state index contributed by atoms with van der Waals surface area (Å²) in [5, 5.41) is 5.01. The summed E-state index contributed by atoms with van der Waals surface area (Å²) < 4.78 is 27.2. The average molecular weight is 270 g/mol. The first-order chi connectivity index (χ1) is 8.53. The highest BCUT2D eigenvalue weighted by molar-refractivity contribution is 7.88. The van der Waals surface area contributed by atoms with Crippen LogP contribution in [0.25, 0.3) is 0 Å². The lowest BCUT2D eigenvalue weighted by Crippen LogP contribution is -2.35. The smallest absolute Gasteiger partial charge is 0.213 e. The Hall–Kier alpha value is -0.950. The maximum Gasteiger partial charge on any atom is 0.213 e. The van der Waals surface area contributed by atoms with Crippen molar-refractivity contribution in [3.8, 4) is 0 Å². The molecule has 0 bridgehead atoms. The molecular formula is C12H18N2O3S. The van der Waals surface area contributed by atoms with Gasteiger partial charge in [-0.1, -0.05) is 24.3 Å². The molecule has 1 saturated heterocycles. The van der Waals surface area contributed by atoms with Gasteiger partial charge in [0.25, 0.3) is 0 Å². The van der Waals surface area contributed by atoms with Crippen LogP contribution in [-0.4, -0.2) is 39.6 Å². The Labute approximate surface area is 108 Å². The van der Waals surface area contributed by atoms with E-state index in [1.165, 1.54) is 5.56 Å². The number of nitrogens with two attached hydrogens (primary N) is 1. The van der Waals surface area contributed by atoms with E-state index in [1.54, 1.807) is 0 Å². The van der Waals surface area contributed by atoms with E-state index in [2.05, 4.69) is 4.90 Å². The summed E-state index contributed by atoms with van der Waals surface area (Å²) in [6, 6.07) is 7.55. The molecule has 100 valence electrons. The molecule has 1 aliphatic heterocycles. The fraction of sp³-hybridized carbons (Fsp3) is 0.500. The highest BCUT2D eigenvalue weighted by atomic mass is 32.2. The molecule has 1 aliphatic rings. The van der Waals surface area contributed by atoms with Crippen molar-refractivity contribution in [3.05, 3.63) is 35.4 Å². The Bertz CT molecular complexity index is 479. The van der Waals surface area contributed by atoms with Crippen molar-refractivity contribution in [3.63, 3.8) is 0 Å². The van der Waals surface area contributed by atoms with Crippen LogP contribution in [0.3, 0.4) is 0 Å². The predicted molar refractivity (Wildman–Crippen MR) is 69.3 cm³/mol. The largest absolute Gasteiger partial charge is 0.379 e. The van der Waals surface area contributed by atoms with Crippen LogP contribution in [0.5, 0.6) is 0 Å². The lowest BCUT2D eigenvalue weighted by atomic mass is 10.1. The third-order valence-electron chi connectivity index (χ3n) is 2.90. The van der Waals surface area contributed by atoms with Crippen molar-refractivity contribution in [1.82, 2.24) is 4.90 Å². The molecule has 1 aromatic carbocycles. The van der Waals surface area contributed by atoms with Crippen molar-refractivity contribution in [2.45, 2.75) is 12.3 Å². The molecule has 1 aromatic rings. The number of sulfonamides is 1. The first kappa shape index (κ1) is 13.5. The quantitative estimate of drug-likeness (QED) is 0.854. The van der Waals surface area contributed by atoms with Gasteiger partial charge in [-0.3, -0.25) is 4.90 Å². The number of rotatable bonds is 4. The van der Waals surface area contributed by atoms with Crippen LogP contribution >= 0.6 is 0 Å². The second-order valence-corrected chi connectivity index (χ2v) is 6.13. The highest BCUT2D eigenvalue weighted by Crippen LogP contribution is 2.10. The van der Waals surface area contributed by atoms with Crippen LogP contribution in [-0.2, 0) is 27.1 Å². The average Bonchev–Trinajstić information content (AvgIpc) is 2.31. The van der Waals surface area contributed by atoms with Crippen LogP contribution in [0.15, 0.2) is 24.3 Å².